The lowest BCUT2D eigenvalue weighted by molar-refractivity contribution is -0.116. The zero-order chi connectivity index (χ0) is 14.3. The molecule has 1 rings (SSSR count). The number of carbonyl (C=O) groups is 2. The zero-order valence-corrected chi connectivity index (χ0v) is 11.5. The molecule has 0 bridgehead atoms. The van der Waals surface area contributed by atoms with Crippen LogP contribution in [0.25, 0.3) is 0 Å². The van der Waals surface area contributed by atoms with E-state index in [4.69, 9.17) is 17.3 Å². The van der Waals surface area contributed by atoms with E-state index in [9.17, 15) is 9.59 Å². The lowest BCUT2D eigenvalue weighted by atomic mass is 10.1. The summed E-state index contributed by atoms with van der Waals surface area (Å²) >= 11 is 5.86. The molecule has 0 saturated carbocycles. The van der Waals surface area contributed by atoms with Crippen LogP contribution in [0.15, 0.2) is 18.2 Å². The Balaban J connectivity index is 2.78. The molecule has 5 nitrogen and oxygen atoms in total. The summed E-state index contributed by atoms with van der Waals surface area (Å²) in [5, 5.41) is 3.10. The van der Waals surface area contributed by atoms with Gasteiger partial charge in [-0.25, -0.2) is 4.79 Å². The van der Waals surface area contributed by atoms with E-state index in [2.05, 4.69) is 10.1 Å². The smallest absolute Gasteiger partial charge is 0.339 e. The molecule has 104 valence electrons. The standard InChI is InChI=1S/C13H17ClN2O3/c1-19-13(18)10-6-5-9(14)8-11(10)16-12(17)4-2-3-7-15/h5-6,8H,2-4,7,15H2,1H3,(H,16,17). The van der Waals surface area contributed by atoms with Crippen molar-refractivity contribution in [3.8, 4) is 0 Å². The van der Waals surface area contributed by atoms with Crippen molar-refractivity contribution in [2.24, 2.45) is 5.73 Å². The van der Waals surface area contributed by atoms with Crippen LogP contribution in [0.2, 0.25) is 5.02 Å². The fraction of sp³-hybridized carbons (Fsp3) is 0.385. The molecule has 0 fully saturated rings. The Labute approximate surface area is 117 Å². The third-order valence-electron chi connectivity index (χ3n) is 2.52. The highest BCUT2D eigenvalue weighted by molar-refractivity contribution is 6.31. The van der Waals surface area contributed by atoms with Gasteiger partial charge in [0.25, 0.3) is 0 Å². The fourth-order valence-corrected chi connectivity index (χ4v) is 1.72. The molecule has 0 spiro atoms. The summed E-state index contributed by atoms with van der Waals surface area (Å²) in [5.74, 6) is -0.699. The van der Waals surface area contributed by atoms with Crippen molar-refractivity contribution in [3.05, 3.63) is 28.8 Å². The molecule has 0 radical (unpaired) electrons. The summed E-state index contributed by atoms with van der Waals surface area (Å²) in [5.41, 5.74) is 5.99. The number of esters is 1. The van der Waals surface area contributed by atoms with E-state index in [1.54, 1.807) is 6.07 Å². The van der Waals surface area contributed by atoms with Gasteiger partial charge in [0.05, 0.1) is 18.4 Å². The van der Waals surface area contributed by atoms with E-state index in [1.165, 1.54) is 19.2 Å². The molecule has 0 aliphatic rings. The van der Waals surface area contributed by atoms with Gasteiger partial charge >= 0.3 is 5.97 Å². The van der Waals surface area contributed by atoms with Crippen molar-refractivity contribution in [2.45, 2.75) is 19.3 Å². The first-order valence-corrected chi connectivity index (χ1v) is 6.34. The van der Waals surface area contributed by atoms with Crippen LogP contribution < -0.4 is 11.1 Å². The van der Waals surface area contributed by atoms with Gasteiger partial charge in [0.2, 0.25) is 5.91 Å². The van der Waals surface area contributed by atoms with Crippen LogP contribution in [-0.4, -0.2) is 25.5 Å². The van der Waals surface area contributed by atoms with Gasteiger partial charge in [0.15, 0.2) is 0 Å². The Morgan fingerprint density at radius 2 is 2.11 bits per heavy atom. The number of nitrogens with one attached hydrogen (secondary N) is 1. The second kappa shape index (κ2) is 7.76. The van der Waals surface area contributed by atoms with Crippen molar-refractivity contribution in [1.29, 1.82) is 0 Å². The average Bonchev–Trinajstić information content (AvgIpc) is 2.38. The normalized spacial score (nSPS) is 10.1. The molecule has 1 aromatic rings. The van der Waals surface area contributed by atoms with Crippen molar-refractivity contribution in [1.82, 2.24) is 0 Å². The third-order valence-corrected chi connectivity index (χ3v) is 2.75. The van der Waals surface area contributed by atoms with Crippen LogP contribution >= 0.6 is 11.6 Å². The minimum atomic E-state index is -0.520. The molecule has 6 heteroatoms. The quantitative estimate of drug-likeness (QED) is 0.620. The number of hydrogen-bond acceptors (Lipinski definition) is 4. The summed E-state index contributed by atoms with van der Waals surface area (Å²) in [6.07, 6.45) is 1.84. The number of unbranched alkanes of at least 4 members (excludes halogenated alkanes) is 1. The zero-order valence-electron chi connectivity index (χ0n) is 10.7. The Morgan fingerprint density at radius 1 is 1.37 bits per heavy atom. The number of ether oxygens (including phenoxy) is 1. The highest BCUT2D eigenvalue weighted by atomic mass is 35.5. The number of benzene rings is 1. The Morgan fingerprint density at radius 3 is 2.74 bits per heavy atom. The molecule has 3 N–H and O–H groups in total. The molecule has 0 aliphatic carbocycles. The molecule has 1 aromatic carbocycles. The van der Waals surface area contributed by atoms with E-state index in [0.717, 1.165) is 6.42 Å². The van der Waals surface area contributed by atoms with Gasteiger partial charge in [-0.2, -0.15) is 0 Å². The summed E-state index contributed by atoms with van der Waals surface area (Å²) in [4.78, 5) is 23.3. The van der Waals surface area contributed by atoms with E-state index >= 15 is 0 Å². The lowest BCUT2D eigenvalue weighted by Gasteiger charge is -2.10. The Kier molecular flexibility index (Phi) is 6.32. The van der Waals surface area contributed by atoms with Crippen LogP contribution in [0, 0.1) is 0 Å². The van der Waals surface area contributed by atoms with Crippen molar-refractivity contribution in [2.75, 3.05) is 19.0 Å². The van der Waals surface area contributed by atoms with E-state index < -0.39 is 5.97 Å². The lowest BCUT2D eigenvalue weighted by Crippen LogP contribution is -2.15. The number of nitrogens with two attached hydrogens (primary N) is 1. The summed E-state index contributed by atoms with van der Waals surface area (Å²) in [7, 11) is 1.28. The number of methoxy groups -OCH3 is 1. The monoisotopic (exact) mass is 284 g/mol. The van der Waals surface area contributed by atoms with Crippen LogP contribution in [0.3, 0.4) is 0 Å². The van der Waals surface area contributed by atoms with Crippen LogP contribution in [0.1, 0.15) is 29.6 Å². The van der Waals surface area contributed by atoms with Gasteiger partial charge < -0.3 is 15.8 Å². The van der Waals surface area contributed by atoms with Crippen LogP contribution in [0.4, 0.5) is 5.69 Å². The largest absolute Gasteiger partial charge is 0.465 e. The average molecular weight is 285 g/mol. The first-order valence-electron chi connectivity index (χ1n) is 5.96. The van der Waals surface area contributed by atoms with Gasteiger partial charge in [-0.15, -0.1) is 0 Å². The number of rotatable bonds is 6. The predicted octanol–water partition coefficient (Wildman–Crippen LogP) is 2.19. The Hall–Kier alpha value is -1.59. The summed E-state index contributed by atoms with van der Waals surface area (Å²) in [6, 6.07) is 4.61. The topological polar surface area (TPSA) is 81.4 Å². The Bertz CT molecular complexity index is 463. The van der Waals surface area contributed by atoms with Gasteiger partial charge in [-0.3, -0.25) is 4.79 Å². The van der Waals surface area contributed by atoms with Crippen molar-refractivity contribution >= 4 is 29.2 Å². The first-order chi connectivity index (χ1) is 9.08. The van der Waals surface area contributed by atoms with Gasteiger partial charge in [-0.1, -0.05) is 11.6 Å². The predicted molar refractivity (Wildman–Crippen MR) is 74.3 cm³/mol. The molecule has 1 amide bonds. The van der Waals surface area contributed by atoms with Crippen LogP contribution in [0.5, 0.6) is 0 Å². The maximum atomic E-state index is 11.7. The van der Waals surface area contributed by atoms with Crippen LogP contribution in [-0.2, 0) is 9.53 Å². The molecule has 0 aromatic heterocycles. The molecule has 0 heterocycles. The number of halogens is 1. The molecular weight excluding hydrogens is 268 g/mol. The second-order valence-electron chi connectivity index (χ2n) is 3.98. The SMILES string of the molecule is COC(=O)c1ccc(Cl)cc1NC(=O)CCCCN. The molecule has 19 heavy (non-hydrogen) atoms. The maximum Gasteiger partial charge on any atom is 0.339 e. The fourth-order valence-electron chi connectivity index (χ4n) is 1.55. The summed E-state index contributed by atoms with van der Waals surface area (Å²) in [6.45, 7) is 0.553. The molecule has 0 saturated heterocycles. The summed E-state index contributed by atoms with van der Waals surface area (Å²) < 4.78 is 4.65. The van der Waals surface area contributed by atoms with E-state index in [-0.39, 0.29) is 11.5 Å². The van der Waals surface area contributed by atoms with Crippen molar-refractivity contribution in [3.63, 3.8) is 0 Å². The van der Waals surface area contributed by atoms with Gasteiger partial charge in [0, 0.05) is 11.4 Å². The van der Waals surface area contributed by atoms with E-state index in [0.29, 0.717) is 30.1 Å². The molecular formula is C13H17ClN2O3. The number of hydrogen-bond donors (Lipinski definition) is 2. The van der Waals surface area contributed by atoms with Gasteiger partial charge in [0.1, 0.15) is 0 Å². The highest BCUT2D eigenvalue weighted by Crippen LogP contribution is 2.22. The van der Waals surface area contributed by atoms with Crippen molar-refractivity contribution < 1.29 is 14.3 Å². The minimum absolute atomic E-state index is 0.180. The molecule has 0 unspecified atom stereocenters. The third kappa shape index (κ3) is 4.89. The first kappa shape index (κ1) is 15.5. The highest BCUT2D eigenvalue weighted by Gasteiger charge is 2.14. The molecule has 0 aliphatic heterocycles. The maximum absolute atomic E-state index is 11.7. The molecule has 0 atom stereocenters. The second-order valence-corrected chi connectivity index (χ2v) is 4.41. The number of amides is 1. The van der Waals surface area contributed by atoms with E-state index in [1.807, 2.05) is 0 Å². The number of carbonyl (C=O) groups excluding carboxylic acids is 2. The minimum Gasteiger partial charge on any atom is -0.465 e. The number of anilines is 1. The van der Waals surface area contributed by atoms with Gasteiger partial charge in [-0.05, 0) is 37.6 Å².